The highest BCUT2D eigenvalue weighted by molar-refractivity contribution is 7.93. The van der Waals surface area contributed by atoms with E-state index < -0.39 is 25.6 Å². The zero-order valence-corrected chi connectivity index (χ0v) is 10.4. The summed E-state index contributed by atoms with van der Waals surface area (Å²) in [4.78, 5) is 0. The molecule has 0 aromatic heterocycles. The molecule has 0 amide bonds. The minimum atomic E-state index is -3.54. The second-order valence-corrected chi connectivity index (χ2v) is 7.56. The maximum absolute atomic E-state index is 11.2. The van der Waals surface area contributed by atoms with Crippen molar-refractivity contribution in [1.29, 1.82) is 0 Å². The van der Waals surface area contributed by atoms with Gasteiger partial charge in [0.25, 0.3) is 0 Å². The summed E-state index contributed by atoms with van der Waals surface area (Å²) in [5, 5.41) is 0. The smallest absolute Gasteiger partial charge is 0.212 e. The molecule has 0 saturated carbocycles. The lowest BCUT2D eigenvalue weighted by Crippen LogP contribution is -2.37. The molecule has 0 aliphatic heterocycles. The highest BCUT2D eigenvalue weighted by Gasteiger charge is 2.16. The number of hydrogen-bond acceptors (Lipinski definition) is 4. The minimum Gasteiger partial charge on any atom is -0.229 e. The molecule has 0 heterocycles. The van der Waals surface area contributed by atoms with Gasteiger partial charge in [-0.3, -0.25) is 0 Å². The fourth-order valence-corrected chi connectivity index (χ4v) is 3.73. The van der Waals surface area contributed by atoms with Crippen LogP contribution < -0.4 is 4.72 Å². The Morgan fingerprint density at radius 3 is 2.07 bits per heavy atom. The first kappa shape index (κ1) is 14.2. The predicted molar refractivity (Wildman–Crippen MR) is 56.8 cm³/mol. The maximum atomic E-state index is 11.2. The molecule has 0 radical (unpaired) electrons. The molecule has 0 fully saturated rings. The van der Waals surface area contributed by atoms with E-state index in [4.69, 9.17) is 11.6 Å². The predicted octanol–water partition coefficient (Wildman–Crippen LogP) is -0.422. The van der Waals surface area contributed by atoms with Crippen LogP contribution in [0.1, 0.15) is 6.92 Å². The summed E-state index contributed by atoms with van der Waals surface area (Å²) in [6.07, 6.45) is 0.994. The van der Waals surface area contributed by atoms with Crippen LogP contribution in [0.15, 0.2) is 0 Å². The lowest BCUT2D eigenvalue weighted by molar-refractivity contribution is 0.569. The molecule has 5 nitrogen and oxygen atoms in total. The van der Waals surface area contributed by atoms with Crippen LogP contribution in [0.5, 0.6) is 0 Å². The van der Waals surface area contributed by atoms with Gasteiger partial charge in [-0.05, 0) is 6.92 Å². The highest BCUT2D eigenvalue weighted by Crippen LogP contribution is 1.94. The molecule has 8 heteroatoms. The zero-order chi connectivity index (χ0) is 11.4. The number of alkyl halides is 1. The van der Waals surface area contributed by atoms with Crippen molar-refractivity contribution in [3.63, 3.8) is 0 Å². The SMILES string of the molecule is CC(CCl)NS(=O)(=O)CCS(C)(=O)=O. The van der Waals surface area contributed by atoms with Gasteiger partial charge in [-0.15, -0.1) is 11.6 Å². The molecule has 0 aromatic rings. The summed E-state index contributed by atoms with van der Waals surface area (Å²) in [6.45, 7) is 1.60. The van der Waals surface area contributed by atoms with E-state index in [1.54, 1.807) is 6.92 Å². The standard InChI is InChI=1S/C6H14ClNO4S2/c1-6(5-7)8-14(11,12)4-3-13(2,9)10/h6,8H,3-5H2,1-2H3. The maximum Gasteiger partial charge on any atom is 0.212 e. The summed E-state index contributed by atoms with van der Waals surface area (Å²) < 4.78 is 46.1. The molecule has 0 bridgehead atoms. The fourth-order valence-electron chi connectivity index (χ4n) is 0.658. The summed E-state index contributed by atoms with van der Waals surface area (Å²) in [5.74, 6) is -0.650. The van der Waals surface area contributed by atoms with E-state index in [1.165, 1.54) is 0 Å². The van der Waals surface area contributed by atoms with Gasteiger partial charge in [-0.25, -0.2) is 21.6 Å². The molecule has 0 aromatic carbocycles. The molecule has 1 N–H and O–H groups in total. The van der Waals surface area contributed by atoms with E-state index in [1.807, 2.05) is 0 Å². The molecule has 0 aliphatic rings. The molecule has 0 spiro atoms. The Bertz CT molecular complexity index is 361. The number of halogens is 1. The van der Waals surface area contributed by atoms with E-state index in [0.717, 1.165) is 6.26 Å². The molecular weight excluding hydrogens is 250 g/mol. The van der Waals surface area contributed by atoms with E-state index >= 15 is 0 Å². The van der Waals surface area contributed by atoms with Crippen molar-refractivity contribution in [2.24, 2.45) is 0 Å². The molecule has 86 valence electrons. The lowest BCUT2D eigenvalue weighted by atomic mass is 10.4. The van der Waals surface area contributed by atoms with Crippen LogP contribution in [-0.2, 0) is 19.9 Å². The van der Waals surface area contributed by atoms with Gasteiger partial charge in [0.1, 0.15) is 9.84 Å². The minimum absolute atomic E-state index is 0.151. The Labute approximate surface area is 89.8 Å². The number of rotatable bonds is 6. The normalized spacial score (nSPS) is 15.4. The van der Waals surface area contributed by atoms with Crippen LogP contribution in [0, 0.1) is 0 Å². The first-order valence-corrected chi connectivity index (χ1v) is 8.15. The summed E-state index contributed by atoms with van der Waals surface area (Å²) in [7, 11) is -6.79. The first-order valence-electron chi connectivity index (χ1n) is 3.90. The van der Waals surface area contributed by atoms with Gasteiger partial charge in [0.2, 0.25) is 10.0 Å². The highest BCUT2D eigenvalue weighted by atomic mass is 35.5. The van der Waals surface area contributed by atoms with Crippen LogP contribution in [-0.4, -0.2) is 46.5 Å². The van der Waals surface area contributed by atoms with Gasteiger partial charge >= 0.3 is 0 Å². The van der Waals surface area contributed by atoms with Crippen LogP contribution >= 0.6 is 11.6 Å². The van der Waals surface area contributed by atoms with Crippen LogP contribution in [0.4, 0.5) is 0 Å². The number of sulfone groups is 1. The van der Waals surface area contributed by atoms with Gasteiger partial charge < -0.3 is 0 Å². The number of hydrogen-bond donors (Lipinski definition) is 1. The Morgan fingerprint density at radius 1 is 1.21 bits per heavy atom. The van der Waals surface area contributed by atoms with E-state index in [0.29, 0.717) is 0 Å². The zero-order valence-electron chi connectivity index (χ0n) is 8.03. The van der Waals surface area contributed by atoms with E-state index in [2.05, 4.69) is 4.72 Å². The summed E-state index contributed by atoms with van der Waals surface area (Å²) in [6, 6.07) is -0.388. The number of nitrogens with one attached hydrogen (secondary N) is 1. The van der Waals surface area contributed by atoms with Crippen LogP contribution in [0.25, 0.3) is 0 Å². The largest absolute Gasteiger partial charge is 0.229 e. The van der Waals surface area contributed by atoms with E-state index in [9.17, 15) is 16.8 Å². The molecule has 14 heavy (non-hydrogen) atoms. The average molecular weight is 264 g/mol. The van der Waals surface area contributed by atoms with Gasteiger partial charge in [-0.2, -0.15) is 0 Å². The van der Waals surface area contributed by atoms with Gasteiger partial charge in [0.05, 0.1) is 11.5 Å². The van der Waals surface area contributed by atoms with Gasteiger partial charge in [0, 0.05) is 18.2 Å². The van der Waals surface area contributed by atoms with Gasteiger partial charge in [0.15, 0.2) is 0 Å². The molecule has 1 atom stereocenters. The summed E-state index contributed by atoms with van der Waals surface area (Å²) >= 11 is 5.40. The second-order valence-electron chi connectivity index (χ2n) is 3.12. The van der Waals surface area contributed by atoms with Crippen molar-refractivity contribution in [2.75, 3.05) is 23.6 Å². The Kier molecular flexibility index (Phi) is 5.35. The Morgan fingerprint density at radius 2 is 1.71 bits per heavy atom. The number of sulfonamides is 1. The van der Waals surface area contributed by atoms with E-state index in [-0.39, 0.29) is 17.7 Å². The fraction of sp³-hybridized carbons (Fsp3) is 1.00. The first-order chi connectivity index (χ1) is 6.16. The van der Waals surface area contributed by atoms with Crippen molar-refractivity contribution in [1.82, 2.24) is 4.72 Å². The van der Waals surface area contributed by atoms with Gasteiger partial charge in [-0.1, -0.05) is 0 Å². The van der Waals surface area contributed by atoms with Crippen molar-refractivity contribution in [3.8, 4) is 0 Å². The van der Waals surface area contributed by atoms with Crippen molar-refractivity contribution in [2.45, 2.75) is 13.0 Å². The van der Waals surface area contributed by atoms with Crippen molar-refractivity contribution < 1.29 is 16.8 Å². The molecule has 0 aliphatic carbocycles. The molecule has 0 rings (SSSR count). The topological polar surface area (TPSA) is 80.3 Å². The van der Waals surface area contributed by atoms with Crippen LogP contribution in [0.2, 0.25) is 0 Å². The third kappa shape index (κ3) is 7.54. The second kappa shape index (κ2) is 5.29. The Balaban J connectivity index is 4.24. The Hall–Kier alpha value is 0.150. The molecule has 1 unspecified atom stereocenters. The third-order valence-corrected chi connectivity index (χ3v) is 4.51. The third-order valence-electron chi connectivity index (χ3n) is 1.34. The van der Waals surface area contributed by atoms with Crippen molar-refractivity contribution in [3.05, 3.63) is 0 Å². The monoisotopic (exact) mass is 263 g/mol. The molecular formula is C6H14ClNO4S2. The van der Waals surface area contributed by atoms with Crippen molar-refractivity contribution >= 4 is 31.5 Å². The lowest BCUT2D eigenvalue weighted by Gasteiger charge is -2.10. The summed E-state index contributed by atoms with van der Waals surface area (Å²) in [5.41, 5.74) is 0. The average Bonchev–Trinajstić information content (AvgIpc) is 1.99. The van der Waals surface area contributed by atoms with Crippen LogP contribution in [0.3, 0.4) is 0 Å². The molecule has 0 saturated heterocycles. The quantitative estimate of drug-likeness (QED) is 0.660.